The first kappa shape index (κ1) is 17.9. The maximum Gasteiger partial charge on any atom is 0.243 e. The molecule has 0 bridgehead atoms. The molecule has 23 heavy (non-hydrogen) atoms. The van der Waals surface area contributed by atoms with Crippen LogP contribution in [0.4, 0.5) is 5.69 Å². The molecule has 1 aromatic rings. The molecule has 0 spiro atoms. The second-order valence-electron chi connectivity index (χ2n) is 6.38. The molecule has 6 nitrogen and oxygen atoms in total. The highest BCUT2D eigenvalue weighted by Gasteiger charge is 2.27. The Morgan fingerprint density at radius 3 is 2.22 bits per heavy atom. The normalized spacial score (nSPS) is 17.4. The fourth-order valence-corrected chi connectivity index (χ4v) is 3.89. The molecule has 0 radical (unpaired) electrons. The van der Waals surface area contributed by atoms with Crippen molar-refractivity contribution in [1.82, 2.24) is 9.21 Å². The molecule has 1 aliphatic heterocycles. The number of rotatable bonds is 5. The van der Waals surface area contributed by atoms with Crippen LogP contribution in [0.2, 0.25) is 0 Å². The highest BCUT2D eigenvalue weighted by molar-refractivity contribution is 7.89. The first-order valence-electron chi connectivity index (χ1n) is 7.87. The maximum atomic E-state index is 12.6. The Labute approximate surface area is 138 Å². The van der Waals surface area contributed by atoms with Gasteiger partial charge in [-0.05, 0) is 37.2 Å². The summed E-state index contributed by atoms with van der Waals surface area (Å²) in [5.41, 5.74) is 0.618. The lowest BCUT2D eigenvalue weighted by molar-refractivity contribution is -0.116. The van der Waals surface area contributed by atoms with E-state index in [0.717, 1.165) is 13.1 Å². The first-order chi connectivity index (χ1) is 10.8. The van der Waals surface area contributed by atoms with Crippen molar-refractivity contribution in [2.45, 2.75) is 25.2 Å². The number of hydrogen-bond acceptors (Lipinski definition) is 4. The van der Waals surface area contributed by atoms with Crippen LogP contribution in [0.1, 0.15) is 20.3 Å². The Morgan fingerprint density at radius 2 is 1.70 bits per heavy atom. The predicted octanol–water partition coefficient (Wildman–Crippen LogP) is 1.61. The van der Waals surface area contributed by atoms with Crippen LogP contribution >= 0.6 is 0 Å². The number of carbonyl (C=O) groups excluding carboxylic acids is 1. The quantitative estimate of drug-likeness (QED) is 0.885. The summed E-state index contributed by atoms with van der Waals surface area (Å²) in [7, 11) is -1.47. The zero-order valence-electron chi connectivity index (χ0n) is 13.9. The van der Waals surface area contributed by atoms with E-state index >= 15 is 0 Å². The van der Waals surface area contributed by atoms with Crippen molar-refractivity contribution in [3.63, 3.8) is 0 Å². The number of piperazine rings is 1. The Morgan fingerprint density at radius 1 is 1.13 bits per heavy atom. The number of hydrogen-bond donors (Lipinski definition) is 1. The van der Waals surface area contributed by atoms with Crippen molar-refractivity contribution in [3.05, 3.63) is 24.3 Å². The van der Waals surface area contributed by atoms with E-state index in [1.54, 1.807) is 24.3 Å². The summed E-state index contributed by atoms with van der Waals surface area (Å²) in [6, 6.07) is 6.39. The van der Waals surface area contributed by atoms with Gasteiger partial charge in [0.2, 0.25) is 15.9 Å². The van der Waals surface area contributed by atoms with E-state index in [1.165, 1.54) is 4.31 Å². The van der Waals surface area contributed by atoms with Crippen LogP contribution in [-0.2, 0) is 14.8 Å². The molecule has 1 aromatic carbocycles. The van der Waals surface area contributed by atoms with Gasteiger partial charge in [0, 0.05) is 38.3 Å². The van der Waals surface area contributed by atoms with Crippen LogP contribution in [0.25, 0.3) is 0 Å². The lowest BCUT2D eigenvalue weighted by atomic mass is 10.1. The van der Waals surface area contributed by atoms with Gasteiger partial charge in [0.15, 0.2) is 0 Å². The average molecular weight is 339 g/mol. The lowest BCUT2D eigenvalue weighted by Gasteiger charge is -2.31. The molecule has 128 valence electrons. The SMILES string of the molecule is CC(C)CC(=O)Nc1ccc(S(=O)(=O)N2CCN(C)CC2)cc1. The monoisotopic (exact) mass is 339 g/mol. The van der Waals surface area contributed by atoms with Crippen LogP contribution in [0, 0.1) is 5.92 Å². The fourth-order valence-electron chi connectivity index (χ4n) is 2.47. The molecule has 1 N–H and O–H groups in total. The number of nitrogens with one attached hydrogen (secondary N) is 1. The number of likely N-dealkylation sites (N-methyl/N-ethyl adjacent to an activating group) is 1. The molecule has 1 fully saturated rings. The zero-order chi connectivity index (χ0) is 17.0. The number of anilines is 1. The maximum absolute atomic E-state index is 12.6. The Kier molecular flexibility index (Phi) is 5.78. The second kappa shape index (κ2) is 7.42. The molecule has 1 heterocycles. The van der Waals surface area contributed by atoms with Crippen LogP contribution in [0.15, 0.2) is 29.2 Å². The third-order valence-corrected chi connectivity index (χ3v) is 5.74. The van der Waals surface area contributed by atoms with E-state index in [-0.39, 0.29) is 16.7 Å². The van der Waals surface area contributed by atoms with Crippen molar-refractivity contribution in [3.8, 4) is 0 Å². The second-order valence-corrected chi connectivity index (χ2v) is 8.32. The molecule has 1 amide bonds. The summed E-state index contributed by atoms with van der Waals surface area (Å²) < 4.78 is 26.7. The first-order valence-corrected chi connectivity index (χ1v) is 9.31. The highest BCUT2D eigenvalue weighted by atomic mass is 32.2. The van der Waals surface area contributed by atoms with Gasteiger partial charge in [0.1, 0.15) is 0 Å². The number of nitrogens with zero attached hydrogens (tertiary/aromatic N) is 2. The molecule has 0 aliphatic carbocycles. The van der Waals surface area contributed by atoms with E-state index in [1.807, 2.05) is 20.9 Å². The Balaban J connectivity index is 2.05. The topological polar surface area (TPSA) is 69.7 Å². The fraction of sp³-hybridized carbons (Fsp3) is 0.562. The van der Waals surface area contributed by atoms with Gasteiger partial charge < -0.3 is 10.2 Å². The largest absolute Gasteiger partial charge is 0.326 e. The Bertz CT molecular complexity index is 633. The van der Waals surface area contributed by atoms with Gasteiger partial charge in [-0.2, -0.15) is 4.31 Å². The van der Waals surface area contributed by atoms with E-state index in [0.29, 0.717) is 25.2 Å². The third kappa shape index (κ3) is 4.76. The van der Waals surface area contributed by atoms with Gasteiger partial charge in [-0.15, -0.1) is 0 Å². The minimum absolute atomic E-state index is 0.0605. The Hall–Kier alpha value is -1.44. The summed E-state index contributed by atoms with van der Waals surface area (Å²) in [4.78, 5) is 14.1. The minimum atomic E-state index is -3.46. The van der Waals surface area contributed by atoms with Gasteiger partial charge in [0.05, 0.1) is 4.90 Å². The van der Waals surface area contributed by atoms with Gasteiger partial charge in [-0.3, -0.25) is 4.79 Å². The molecule has 0 atom stereocenters. The summed E-state index contributed by atoms with van der Waals surface area (Å²) in [6.07, 6.45) is 0.446. The van der Waals surface area contributed by atoms with Crippen molar-refractivity contribution < 1.29 is 13.2 Å². The zero-order valence-corrected chi connectivity index (χ0v) is 14.8. The van der Waals surface area contributed by atoms with Gasteiger partial charge in [-0.1, -0.05) is 13.8 Å². The third-order valence-electron chi connectivity index (χ3n) is 3.83. The molecular formula is C16H25N3O3S. The molecule has 7 heteroatoms. The van der Waals surface area contributed by atoms with Crippen molar-refractivity contribution in [2.75, 3.05) is 38.5 Å². The van der Waals surface area contributed by atoms with Gasteiger partial charge in [0.25, 0.3) is 0 Å². The summed E-state index contributed by atoms with van der Waals surface area (Å²) in [5, 5.41) is 2.78. The average Bonchev–Trinajstić information content (AvgIpc) is 2.47. The molecule has 0 saturated carbocycles. The molecule has 0 aromatic heterocycles. The van der Waals surface area contributed by atoms with E-state index in [2.05, 4.69) is 10.2 Å². The number of sulfonamides is 1. The standard InChI is InChI=1S/C16H25N3O3S/c1-13(2)12-16(20)17-14-4-6-15(7-5-14)23(21,22)19-10-8-18(3)9-11-19/h4-7,13H,8-12H2,1-3H3,(H,17,20). The van der Waals surface area contributed by atoms with E-state index < -0.39 is 10.0 Å². The summed E-state index contributed by atoms with van der Waals surface area (Å²) in [5.74, 6) is 0.224. The van der Waals surface area contributed by atoms with Crippen molar-refractivity contribution in [1.29, 1.82) is 0 Å². The van der Waals surface area contributed by atoms with Crippen molar-refractivity contribution in [2.24, 2.45) is 5.92 Å². The summed E-state index contributed by atoms with van der Waals surface area (Å²) in [6.45, 7) is 6.44. The molecule has 1 aliphatic rings. The number of carbonyl (C=O) groups is 1. The minimum Gasteiger partial charge on any atom is -0.326 e. The van der Waals surface area contributed by atoms with Crippen LogP contribution in [0.5, 0.6) is 0 Å². The predicted molar refractivity (Wildman–Crippen MR) is 90.8 cm³/mol. The smallest absolute Gasteiger partial charge is 0.243 e. The van der Waals surface area contributed by atoms with E-state index in [4.69, 9.17) is 0 Å². The number of benzene rings is 1. The molecule has 0 unspecified atom stereocenters. The van der Waals surface area contributed by atoms with Crippen LogP contribution < -0.4 is 5.32 Å². The summed E-state index contributed by atoms with van der Waals surface area (Å²) >= 11 is 0. The van der Waals surface area contributed by atoms with Crippen molar-refractivity contribution >= 4 is 21.6 Å². The number of amides is 1. The van der Waals surface area contributed by atoms with E-state index in [9.17, 15) is 13.2 Å². The van der Waals surface area contributed by atoms with Crippen LogP contribution in [0.3, 0.4) is 0 Å². The highest BCUT2D eigenvalue weighted by Crippen LogP contribution is 2.20. The molecule has 2 rings (SSSR count). The van der Waals surface area contributed by atoms with Crippen LogP contribution in [-0.4, -0.2) is 56.8 Å². The van der Waals surface area contributed by atoms with Gasteiger partial charge in [-0.25, -0.2) is 8.42 Å². The van der Waals surface area contributed by atoms with Gasteiger partial charge >= 0.3 is 0 Å². The molecule has 1 saturated heterocycles. The lowest BCUT2D eigenvalue weighted by Crippen LogP contribution is -2.46. The molecular weight excluding hydrogens is 314 g/mol.